The lowest BCUT2D eigenvalue weighted by atomic mass is 10.1. The summed E-state index contributed by atoms with van der Waals surface area (Å²) in [5.74, 6) is 2.37. The summed E-state index contributed by atoms with van der Waals surface area (Å²) in [6, 6.07) is 25.2. The summed E-state index contributed by atoms with van der Waals surface area (Å²) in [7, 11) is 4.84. The number of aromatic nitrogens is 2. The molecule has 166 valence electrons. The van der Waals surface area contributed by atoms with Crippen molar-refractivity contribution in [2.24, 2.45) is 5.10 Å². The fraction of sp³-hybridized carbons (Fsp3) is 0.115. The first-order valence-electron chi connectivity index (χ1n) is 10.3. The van der Waals surface area contributed by atoms with Crippen LogP contribution in [0.15, 0.2) is 84.0 Å². The Hall–Kier alpha value is -4.39. The van der Waals surface area contributed by atoms with Gasteiger partial charge in [-0.05, 0) is 36.4 Å². The molecular formula is C26H24N4O3. The van der Waals surface area contributed by atoms with Crippen molar-refractivity contribution in [1.29, 1.82) is 0 Å². The third kappa shape index (κ3) is 5.10. The molecule has 4 aromatic rings. The van der Waals surface area contributed by atoms with Crippen LogP contribution in [-0.2, 0) is 0 Å². The first-order chi connectivity index (χ1) is 16.2. The Morgan fingerprint density at radius 1 is 0.667 bits per heavy atom. The van der Waals surface area contributed by atoms with Crippen LogP contribution >= 0.6 is 0 Å². The minimum Gasteiger partial charge on any atom is -0.496 e. The van der Waals surface area contributed by atoms with E-state index in [0.29, 0.717) is 17.4 Å². The number of ether oxygens (including phenoxy) is 3. The Morgan fingerprint density at radius 3 is 2.06 bits per heavy atom. The van der Waals surface area contributed by atoms with Crippen molar-refractivity contribution in [3.63, 3.8) is 0 Å². The number of methoxy groups -OCH3 is 3. The van der Waals surface area contributed by atoms with Gasteiger partial charge in [0.2, 0.25) is 5.95 Å². The van der Waals surface area contributed by atoms with Crippen LogP contribution in [-0.4, -0.2) is 37.5 Å². The van der Waals surface area contributed by atoms with Gasteiger partial charge in [0.15, 0.2) is 11.5 Å². The number of rotatable bonds is 8. The standard InChI is InChI=1S/C26H24N4O3/c1-31-23-12-8-7-11-20(23)17-27-30-26-28-21(18-9-5-4-6-10-18)16-22(29-26)19-13-14-24(32-2)25(15-19)33-3/h4-17H,1-3H3,(H,28,29,30)/b27-17-. The van der Waals surface area contributed by atoms with Crippen LogP contribution in [0, 0.1) is 0 Å². The number of hydrogen-bond donors (Lipinski definition) is 1. The smallest absolute Gasteiger partial charge is 0.244 e. The Labute approximate surface area is 192 Å². The second-order valence-electron chi connectivity index (χ2n) is 7.01. The molecule has 0 aliphatic carbocycles. The zero-order chi connectivity index (χ0) is 23.0. The van der Waals surface area contributed by atoms with Crippen LogP contribution < -0.4 is 19.6 Å². The highest BCUT2D eigenvalue weighted by Gasteiger charge is 2.11. The van der Waals surface area contributed by atoms with E-state index in [-0.39, 0.29) is 0 Å². The summed E-state index contributed by atoms with van der Waals surface area (Å²) in [5.41, 5.74) is 7.12. The number of hydrazone groups is 1. The van der Waals surface area contributed by atoms with Crippen molar-refractivity contribution in [3.8, 4) is 39.8 Å². The molecule has 7 nitrogen and oxygen atoms in total. The summed E-state index contributed by atoms with van der Waals surface area (Å²) >= 11 is 0. The molecule has 0 atom stereocenters. The summed E-state index contributed by atoms with van der Waals surface area (Å²) in [4.78, 5) is 9.33. The van der Waals surface area contributed by atoms with Gasteiger partial charge in [0.25, 0.3) is 0 Å². The molecule has 0 radical (unpaired) electrons. The third-order valence-corrected chi connectivity index (χ3v) is 4.98. The monoisotopic (exact) mass is 440 g/mol. The predicted molar refractivity (Wildman–Crippen MR) is 130 cm³/mol. The Kier molecular flexibility index (Phi) is 6.80. The summed E-state index contributed by atoms with van der Waals surface area (Å²) in [5, 5.41) is 4.33. The lowest BCUT2D eigenvalue weighted by Crippen LogP contribution is -2.01. The SMILES string of the molecule is COc1ccccc1/C=N\Nc1nc(-c2ccccc2)cc(-c2ccc(OC)c(OC)c2)n1. The van der Waals surface area contributed by atoms with Gasteiger partial charge in [-0.15, -0.1) is 0 Å². The van der Waals surface area contributed by atoms with Gasteiger partial charge in [0, 0.05) is 16.7 Å². The molecule has 0 aliphatic rings. The van der Waals surface area contributed by atoms with Crippen LogP contribution in [0.3, 0.4) is 0 Å². The first kappa shape index (κ1) is 21.8. The van der Waals surface area contributed by atoms with Crippen molar-refractivity contribution in [3.05, 3.63) is 84.4 Å². The lowest BCUT2D eigenvalue weighted by Gasteiger charge is -2.11. The number of para-hydroxylation sites is 1. The molecule has 33 heavy (non-hydrogen) atoms. The van der Waals surface area contributed by atoms with Gasteiger partial charge < -0.3 is 14.2 Å². The van der Waals surface area contributed by atoms with E-state index in [0.717, 1.165) is 33.8 Å². The van der Waals surface area contributed by atoms with E-state index in [4.69, 9.17) is 14.2 Å². The fourth-order valence-electron chi connectivity index (χ4n) is 3.33. The van der Waals surface area contributed by atoms with Gasteiger partial charge in [0.1, 0.15) is 5.75 Å². The van der Waals surface area contributed by atoms with E-state index >= 15 is 0 Å². The third-order valence-electron chi connectivity index (χ3n) is 4.98. The van der Waals surface area contributed by atoms with E-state index in [1.807, 2.05) is 78.9 Å². The average Bonchev–Trinajstić information content (AvgIpc) is 2.89. The molecule has 0 aliphatic heterocycles. The molecule has 0 saturated carbocycles. The highest BCUT2D eigenvalue weighted by atomic mass is 16.5. The van der Waals surface area contributed by atoms with Crippen LogP contribution in [0.5, 0.6) is 17.2 Å². The van der Waals surface area contributed by atoms with E-state index in [1.165, 1.54) is 0 Å². The quantitative estimate of drug-likeness (QED) is 0.297. The molecule has 0 spiro atoms. The van der Waals surface area contributed by atoms with Gasteiger partial charge in [0.05, 0.1) is 38.9 Å². The fourth-order valence-corrected chi connectivity index (χ4v) is 3.33. The number of hydrogen-bond acceptors (Lipinski definition) is 7. The van der Waals surface area contributed by atoms with Crippen molar-refractivity contribution >= 4 is 12.2 Å². The molecule has 0 fully saturated rings. The molecule has 1 heterocycles. The van der Waals surface area contributed by atoms with Crippen LogP contribution in [0.1, 0.15) is 5.56 Å². The van der Waals surface area contributed by atoms with Crippen molar-refractivity contribution in [2.45, 2.75) is 0 Å². The molecule has 1 aromatic heterocycles. The molecule has 0 bridgehead atoms. The Morgan fingerprint density at radius 2 is 1.33 bits per heavy atom. The first-order valence-corrected chi connectivity index (χ1v) is 10.3. The number of nitrogens with one attached hydrogen (secondary N) is 1. The maximum atomic E-state index is 5.46. The Balaban J connectivity index is 1.72. The second kappa shape index (κ2) is 10.3. The molecule has 0 amide bonds. The normalized spacial score (nSPS) is 10.8. The minimum absolute atomic E-state index is 0.368. The van der Waals surface area contributed by atoms with Crippen LogP contribution in [0.2, 0.25) is 0 Å². The molecule has 0 unspecified atom stereocenters. The predicted octanol–water partition coefficient (Wildman–Crippen LogP) is 5.28. The number of benzene rings is 3. The summed E-state index contributed by atoms with van der Waals surface area (Å²) in [6.07, 6.45) is 1.67. The van der Waals surface area contributed by atoms with Crippen molar-refractivity contribution in [2.75, 3.05) is 26.8 Å². The molecule has 0 saturated heterocycles. The zero-order valence-corrected chi connectivity index (χ0v) is 18.6. The molecular weight excluding hydrogens is 416 g/mol. The topological polar surface area (TPSA) is 77.9 Å². The second-order valence-corrected chi connectivity index (χ2v) is 7.01. The van der Waals surface area contributed by atoms with Crippen LogP contribution in [0.4, 0.5) is 5.95 Å². The highest BCUT2D eigenvalue weighted by Crippen LogP contribution is 2.33. The summed E-state index contributed by atoms with van der Waals surface area (Å²) < 4.78 is 16.2. The van der Waals surface area contributed by atoms with Gasteiger partial charge in [-0.1, -0.05) is 42.5 Å². The molecule has 4 rings (SSSR count). The van der Waals surface area contributed by atoms with E-state index in [9.17, 15) is 0 Å². The lowest BCUT2D eigenvalue weighted by molar-refractivity contribution is 0.355. The van der Waals surface area contributed by atoms with Crippen molar-refractivity contribution < 1.29 is 14.2 Å². The molecule has 7 heteroatoms. The van der Waals surface area contributed by atoms with E-state index in [1.54, 1.807) is 27.5 Å². The van der Waals surface area contributed by atoms with Gasteiger partial charge in [-0.25, -0.2) is 15.4 Å². The maximum Gasteiger partial charge on any atom is 0.244 e. The van der Waals surface area contributed by atoms with Gasteiger partial charge >= 0.3 is 0 Å². The van der Waals surface area contributed by atoms with E-state index in [2.05, 4.69) is 20.5 Å². The zero-order valence-electron chi connectivity index (χ0n) is 18.6. The largest absolute Gasteiger partial charge is 0.496 e. The average molecular weight is 441 g/mol. The Bertz CT molecular complexity index is 1260. The molecule has 1 N–H and O–H groups in total. The highest BCUT2D eigenvalue weighted by molar-refractivity contribution is 5.84. The van der Waals surface area contributed by atoms with Gasteiger partial charge in [-0.2, -0.15) is 5.10 Å². The number of nitrogens with zero attached hydrogens (tertiary/aromatic N) is 3. The summed E-state index contributed by atoms with van der Waals surface area (Å²) in [6.45, 7) is 0. The maximum absolute atomic E-state index is 5.46. The number of anilines is 1. The molecule has 3 aromatic carbocycles. The van der Waals surface area contributed by atoms with Crippen LogP contribution in [0.25, 0.3) is 22.5 Å². The van der Waals surface area contributed by atoms with E-state index < -0.39 is 0 Å². The van der Waals surface area contributed by atoms with Crippen molar-refractivity contribution in [1.82, 2.24) is 9.97 Å². The minimum atomic E-state index is 0.368. The van der Waals surface area contributed by atoms with Gasteiger partial charge in [-0.3, -0.25) is 0 Å².